The molecule has 2 aromatic rings. The number of aliphatic hydroxyl groups is 1. The monoisotopic (exact) mass is 433 g/mol. The number of nitrogens with zero attached hydrogens (tertiary/aromatic N) is 4. The lowest BCUT2D eigenvalue weighted by atomic mass is 9.93. The van der Waals surface area contributed by atoms with Gasteiger partial charge in [-0.25, -0.2) is 14.0 Å². The van der Waals surface area contributed by atoms with E-state index in [1.807, 2.05) is 6.92 Å². The number of aliphatic hydroxyl groups excluding tert-OH is 1. The van der Waals surface area contributed by atoms with Gasteiger partial charge in [0.2, 0.25) is 5.69 Å². The molecule has 0 radical (unpaired) electrons. The van der Waals surface area contributed by atoms with Crippen LogP contribution >= 0.6 is 0 Å². The zero-order chi connectivity index (χ0) is 22.3. The Morgan fingerprint density at radius 1 is 1.45 bits per heavy atom. The highest BCUT2D eigenvalue weighted by atomic mass is 19.3. The molecule has 2 aliphatic rings. The van der Waals surface area contributed by atoms with Crippen LogP contribution in [0.2, 0.25) is 0 Å². The highest BCUT2D eigenvalue weighted by Gasteiger charge is 2.45. The first-order valence-corrected chi connectivity index (χ1v) is 10.1. The minimum Gasteiger partial charge on any atom is -0.396 e. The Hall–Kier alpha value is -3.06. The number of aromatic nitrogens is 2. The number of hydrogen-bond donors (Lipinski definition) is 2. The number of amides is 2. The van der Waals surface area contributed by atoms with Crippen molar-refractivity contribution < 1.29 is 23.1 Å². The zero-order valence-electron chi connectivity index (χ0n) is 16.9. The third kappa shape index (κ3) is 3.85. The number of carbonyl (C=O) groups is 1. The van der Waals surface area contributed by atoms with E-state index >= 15 is 8.78 Å². The summed E-state index contributed by atoms with van der Waals surface area (Å²) in [6.07, 6.45) is 0.282. The topological polar surface area (TPSA) is 74.8 Å². The van der Waals surface area contributed by atoms with E-state index in [9.17, 15) is 14.3 Å². The fourth-order valence-corrected chi connectivity index (χ4v) is 4.33. The fraction of sp³-hybridized carbons (Fsp3) is 0.476. The number of nitrogens with one attached hydrogen (secondary N) is 1. The number of hydrogen-bond acceptors (Lipinski definition) is 3. The van der Waals surface area contributed by atoms with Crippen LogP contribution in [0.15, 0.2) is 18.2 Å². The van der Waals surface area contributed by atoms with Crippen LogP contribution in [0, 0.1) is 18.3 Å². The summed E-state index contributed by atoms with van der Waals surface area (Å²) < 4.78 is 45.0. The van der Waals surface area contributed by atoms with Gasteiger partial charge in [-0.05, 0) is 37.5 Å². The van der Waals surface area contributed by atoms with Crippen LogP contribution in [0.4, 0.5) is 29.3 Å². The molecule has 0 fully saturated rings. The van der Waals surface area contributed by atoms with Gasteiger partial charge < -0.3 is 15.3 Å². The number of fused-ring (bicyclic) bond motifs is 3. The van der Waals surface area contributed by atoms with E-state index in [1.165, 1.54) is 21.7 Å². The second-order valence-electron chi connectivity index (χ2n) is 8.13. The molecule has 2 amide bonds. The number of halogens is 3. The lowest BCUT2D eigenvalue weighted by Gasteiger charge is -2.34. The third-order valence-corrected chi connectivity index (χ3v) is 5.96. The molecule has 164 valence electrons. The van der Waals surface area contributed by atoms with Gasteiger partial charge in [-0.15, -0.1) is 0 Å². The summed E-state index contributed by atoms with van der Waals surface area (Å²) in [5, 5.41) is 16.4. The largest absolute Gasteiger partial charge is 0.396 e. The van der Waals surface area contributed by atoms with Crippen LogP contribution in [0.25, 0.3) is 4.85 Å². The number of urea groups is 1. The van der Waals surface area contributed by atoms with Gasteiger partial charge in [-0.1, -0.05) is 0 Å². The molecule has 10 heteroatoms. The van der Waals surface area contributed by atoms with Crippen molar-refractivity contribution in [2.24, 2.45) is 5.92 Å². The molecule has 0 saturated heterocycles. The van der Waals surface area contributed by atoms with Crippen molar-refractivity contribution in [1.82, 2.24) is 14.7 Å². The smallest absolute Gasteiger partial charge is 0.322 e. The highest BCUT2D eigenvalue weighted by molar-refractivity contribution is 5.90. The lowest BCUT2D eigenvalue weighted by molar-refractivity contribution is -0.0386. The Morgan fingerprint density at radius 3 is 2.94 bits per heavy atom. The molecule has 0 aliphatic carbocycles. The number of alkyl halides is 2. The van der Waals surface area contributed by atoms with Crippen molar-refractivity contribution in [2.75, 3.05) is 11.9 Å². The maximum absolute atomic E-state index is 15.1. The van der Waals surface area contributed by atoms with Crippen LogP contribution in [0.5, 0.6) is 0 Å². The van der Waals surface area contributed by atoms with Gasteiger partial charge in [-0.2, -0.15) is 13.9 Å². The molecule has 0 bridgehead atoms. The van der Waals surface area contributed by atoms with Crippen molar-refractivity contribution >= 4 is 17.4 Å². The van der Waals surface area contributed by atoms with E-state index < -0.39 is 30.1 Å². The summed E-state index contributed by atoms with van der Waals surface area (Å²) in [5.41, 5.74) is 0.760. The summed E-state index contributed by atoms with van der Waals surface area (Å²) >= 11 is 0. The molecular weight excluding hydrogens is 411 g/mol. The molecule has 0 saturated carbocycles. The van der Waals surface area contributed by atoms with Crippen LogP contribution in [-0.2, 0) is 25.4 Å². The number of benzene rings is 1. The minimum atomic E-state index is -3.16. The van der Waals surface area contributed by atoms with E-state index in [0.29, 0.717) is 30.6 Å². The first kappa shape index (κ1) is 21.2. The van der Waals surface area contributed by atoms with E-state index in [4.69, 9.17) is 6.57 Å². The van der Waals surface area contributed by atoms with Crippen molar-refractivity contribution in [3.05, 3.63) is 52.4 Å². The van der Waals surface area contributed by atoms with Crippen LogP contribution in [0.1, 0.15) is 36.7 Å². The van der Waals surface area contributed by atoms with Gasteiger partial charge in [-0.3, -0.25) is 4.68 Å². The summed E-state index contributed by atoms with van der Waals surface area (Å²) in [6.45, 7) is 8.75. The summed E-state index contributed by atoms with van der Waals surface area (Å²) in [7, 11) is 0. The Kier molecular flexibility index (Phi) is 5.39. The van der Waals surface area contributed by atoms with E-state index in [2.05, 4.69) is 15.3 Å². The first-order valence-electron chi connectivity index (χ1n) is 10.1. The predicted molar refractivity (Wildman–Crippen MR) is 106 cm³/mol. The van der Waals surface area contributed by atoms with Gasteiger partial charge in [0.05, 0.1) is 18.8 Å². The highest BCUT2D eigenvalue weighted by Crippen LogP contribution is 2.42. The van der Waals surface area contributed by atoms with Crippen LogP contribution < -0.4 is 5.32 Å². The second-order valence-corrected chi connectivity index (χ2v) is 8.13. The number of carbonyl (C=O) groups excluding carboxylic acids is 1. The standard InChI is InChI=1S/C21H22F3N5O2/c1-12-7-17-15(19-21(23,24)9-13(11-30)5-6-29(19)27-17)10-28(12)20(31)26-14-3-4-16(22)18(8-14)25-2/h3-4,8,12-13,30H,5-7,9-11H2,1H3,(H,26,31)/t12-,13+/m1/s1. The Balaban J connectivity index is 1.61. The molecule has 7 nitrogen and oxygen atoms in total. The minimum absolute atomic E-state index is 0.0338. The Labute approximate surface area is 177 Å². The number of anilines is 1. The summed E-state index contributed by atoms with van der Waals surface area (Å²) in [6, 6.07) is 2.86. The fourth-order valence-electron chi connectivity index (χ4n) is 4.33. The van der Waals surface area contributed by atoms with Gasteiger partial charge in [0.25, 0.3) is 5.92 Å². The molecule has 0 spiro atoms. The maximum atomic E-state index is 15.1. The molecule has 3 heterocycles. The molecule has 2 N–H and O–H groups in total. The quantitative estimate of drug-likeness (QED) is 0.702. The first-order chi connectivity index (χ1) is 14.7. The second kappa shape index (κ2) is 7.89. The average Bonchev–Trinajstić information content (AvgIpc) is 3.03. The third-order valence-electron chi connectivity index (χ3n) is 5.96. The normalized spacial score (nSPS) is 22.1. The maximum Gasteiger partial charge on any atom is 0.322 e. The predicted octanol–water partition coefficient (Wildman–Crippen LogP) is 4.05. The van der Waals surface area contributed by atoms with Crippen LogP contribution in [0.3, 0.4) is 0 Å². The van der Waals surface area contributed by atoms with E-state index in [1.54, 1.807) is 0 Å². The number of rotatable bonds is 2. The van der Waals surface area contributed by atoms with Gasteiger partial charge in [0.15, 0.2) is 0 Å². The number of aryl methyl sites for hydroxylation is 1. The molecule has 1 aromatic carbocycles. The Bertz CT molecular complexity index is 1060. The van der Waals surface area contributed by atoms with Gasteiger partial charge in [0.1, 0.15) is 11.5 Å². The molecular formula is C21H22F3N5O2. The zero-order valence-corrected chi connectivity index (χ0v) is 16.9. The average molecular weight is 433 g/mol. The van der Waals surface area contributed by atoms with Crippen molar-refractivity contribution in [2.45, 2.75) is 51.2 Å². The molecule has 1 aromatic heterocycles. The molecule has 31 heavy (non-hydrogen) atoms. The molecule has 2 aliphatic heterocycles. The SMILES string of the molecule is [C-]#[N+]c1cc(NC(=O)N2Cc3c(nn4c3C(F)(F)C[C@@H](CO)CC4)C[C@H]2C)ccc1F. The molecule has 2 atom stereocenters. The van der Waals surface area contributed by atoms with Crippen molar-refractivity contribution in [1.29, 1.82) is 0 Å². The van der Waals surface area contributed by atoms with Gasteiger partial charge in [0, 0.05) is 43.3 Å². The van der Waals surface area contributed by atoms with E-state index in [0.717, 1.165) is 6.07 Å². The van der Waals surface area contributed by atoms with E-state index in [-0.39, 0.29) is 36.3 Å². The van der Waals surface area contributed by atoms with Gasteiger partial charge >= 0.3 is 6.03 Å². The summed E-state index contributed by atoms with van der Waals surface area (Å²) in [4.78, 5) is 17.4. The molecule has 4 rings (SSSR count). The summed E-state index contributed by atoms with van der Waals surface area (Å²) in [5.74, 6) is -4.35. The van der Waals surface area contributed by atoms with Crippen LogP contribution in [-0.4, -0.2) is 38.5 Å². The van der Waals surface area contributed by atoms with Crippen molar-refractivity contribution in [3.8, 4) is 0 Å². The molecule has 0 unspecified atom stereocenters. The lowest BCUT2D eigenvalue weighted by Crippen LogP contribution is -2.45. The van der Waals surface area contributed by atoms with Crippen molar-refractivity contribution in [3.63, 3.8) is 0 Å². The Morgan fingerprint density at radius 2 is 2.23 bits per heavy atom.